The summed E-state index contributed by atoms with van der Waals surface area (Å²) in [5.74, 6) is 0.110. The molecule has 0 spiro atoms. The summed E-state index contributed by atoms with van der Waals surface area (Å²) < 4.78 is 18.8. The van der Waals surface area contributed by atoms with Crippen LogP contribution in [0.5, 0.6) is 11.5 Å². The van der Waals surface area contributed by atoms with Crippen molar-refractivity contribution in [2.45, 2.75) is 19.9 Å². The minimum Gasteiger partial charge on any atom is -0.497 e. The van der Waals surface area contributed by atoms with Gasteiger partial charge in [-0.2, -0.15) is 0 Å². The number of hydrogen-bond acceptors (Lipinski definition) is 8. The molecular weight excluding hydrogens is 574 g/mol. The van der Waals surface area contributed by atoms with Gasteiger partial charge in [0.1, 0.15) is 22.1 Å². The van der Waals surface area contributed by atoms with Crippen LogP contribution in [0.3, 0.4) is 0 Å². The van der Waals surface area contributed by atoms with Crippen LogP contribution in [0.1, 0.15) is 31.0 Å². The Morgan fingerprint density at radius 3 is 2.58 bits per heavy atom. The normalized spacial score (nSPS) is 17.7. The van der Waals surface area contributed by atoms with E-state index in [0.29, 0.717) is 44.4 Å². The molecular formula is C27H24BrN3O6S. The molecule has 3 aromatic rings. The van der Waals surface area contributed by atoms with Gasteiger partial charge in [0.15, 0.2) is 4.80 Å². The molecule has 11 heteroatoms. The topological polar surface area (TPSA) is 99.4 Å². The number of esters is 1. The van der Waals surface area contributed by atoms with Gasteiger partial charge in [-0.25, -0.2) is 9.79 Å². The van der Waals surface area contributed by atoms with E-state index in [1.165, 1.54) is 16.6 Å². The summed E-state index contributed by atoms with van der Waals surface area (Å²) in [6, 6.07) is 9.78. The standard InChI is InChI=1S/C27H24BrN3O6S/c1-6-37-26(34)20-13(2)29-27-31(22(20)16-9-8-15(35-4)12-19(16)36-5)25(33)23(38-27)21-17-11-14(28)7-10-18(17)30(3)24(21)32/h7-12,22H,6H2,1-5H3/b23-21-/t22-/m1/s1. The maximum Gasteiger partial charge on any atom is 0.338 e. The number of fused-ring (bicyclic) bond motifs is 2. The van der Waals surface area contributed by atoms with E-state index in [-0.39, 0.29) is 22.6 Å². The predicted molar refractivity (Wildman–Crippen MR) is 146 cm³/mol. The zero-order chi connectivity index (χ0) is 27.3. The fourth-order valence-electron chi connectivity index (χ4n) is 4.79. The van der Waals surface area contributed by atoms with E-state index in [0.717, 1.165) is 15.8 Å². The van der Waals surface area contributed by atoms with Crippen molar-refractivity contribution in [3.05, 3.63) is 83.0 Å². The molecule has 2 aromatic carbocycles. The smallest absolute Gasteiger partial charge is 0.338 e. The van der Waals surface area contributed by atoms with Crippen molar-refractivity contribution in [1.29, 1.82) is 0 Å². The molecule has 0 aliphatic carbocycles. The molecule has 9 nitrogen and oxygen atoms in total. The molecule has 0 N–H and O–H groups in total. The SMILES string of the molecule is CCOC(=O)C1=C(C)N=c2s/c(=C3\C(=O)N(C)c4ccc(Br)cc43)c(=O)n2[C@@H]1c1ccc(OC)cc1OC. The van der Waals surface area contributed by atoms with Crippen LogP contribution in [-0.2, 0) is 14.3 Å². The Labute approximate surface area is 230 Å². The Morgan fingerprint density at radius 2 is 1.89 bits per heavy atom. The van der Waals surface area contributed by atoms with Gasteiger partial charge < -0.3 is 19.1 Å². The van der Waals surface area contributed by atoms with Crippen LogP contribution in [0.2, 0.25) is 0 Å². The van der Waals surface area contributed by atoms with Gasteiger partial charge in [0.05, 0.1) is 43.4 Å². The van der Waals surface area contributed by atoms with E-state index in [2.05, 4.69) is 20.9 Å². The van der Waals surface area contributed by atoms with Crippen LogP contribution in [0.15, 0.2) is 61.9 Å². The maximum absolute atomic E-state index is 14.2. The fourth-order valence-corrected chi connectivity index (χ4v) is 6.29. The minimum atomic E-state index is -0.892. The van der Waals surface area contributed by atoms with Gasteiger partial charge in [0.2, 0.25) is 0 Å². The second kappa shape index (κ2) is 9.88. The molecule has 0 bridgehead atoms. The third-order valence-electron chi connectivity index (χ3n) is 6.56. The molecule has 38 heavy (non-hydrogen) atoms. The third kappa shape index (κ3) is 3.97. The molecule has 0 radical (unpaired) electrons. The summed E-state index contributed by atoms with van der Waals surface area (Å²) in [7, 11) is 4.72. The minimum absolute atomic E-state index is 0.156. The number of halogens is 1. The lowest BCUT2D eigenvalue weighted by Crippen LogP contribution is -2.41. The van der Waals surface area contributed by atoms with E-state index in [9.17, 15) is 14.4 Å². The first-order chi connectivity index (χ1) is 18.2. The summed E-state index contributed by atoms with van der Waals surface area (Å²) in [5.41, 5.74) is 2.41. The number of carbonyl (C=O) groups excluding carboxylic acids is 2. The van der Waals surface area contributed by atoms with Crippen LogP contribution in [0.4, 0.5) is 5.69 Å². The first kappa shape index (κ1) is 25.9. The second-order valence-corrected chi connectivity index (χ2v) is 10.5. The molecule has 1 amide bonds. The molecule has 1 atom stereocenters. The van der Waals surface area contributed by atoms with E-state index in [1.54, 1.807) is 46.2 Å². The van der Waals surface area contributed by atoms with Gasteiger partial charge in [0, 0.05) is 28.7 Å². The van der Waals surface area contributed by atoms with E-state index < -0.39 is 17.6 Å². The average molecular weight is 598 g/mol. The Kier molecular flexibility index (Phi) is 6.74. The van der Waals surface area contributed by atoms with Crippen molar-refractivity contribution in [3.8, 4) is 11.5 Å². The lowest BCUT2D eigenvalue weighted by molar-refractivity contribution is -0.139. The first-order valence-corrected chi connectivity index (χ1v) is 13.3. The Hall–Kier alpha value is -3.70. The number of allylic oxidation sites excluding steroid dienone is 1. The highest BCUT2D eigenvalue weighted by molar-refractivity contribution is 9.10. The van der Waals surface area contributed by atoms with Crippen molar-refractivity contribution >= 4 is 50.4 Å². The highest BCUT2D eigenvalue weighted by Gasteiger charge is 2.37. The number of hydrogen-bond donors (Lipinski definition) is 0. The molecule has 0 saturated carbocycles. The monoisotopic (exact) mass is 597 g/mol. The van der Waals surface area contributed by atoms with Crippen molar-refractivity contribution in [2.24, 2.45) is 4.99 Å². The first-order valence-electron chi connectivity index (χ1n) is 11.7. The maximum atomic E-state index is 14.2. The number of rotatable bonds is 5. The van der Waals surface area contributed by atoms with Gasteiger partial charge in [-0.05, 0) is 44.2 Å². The number of amides is 1. The number of carbonyl (C=O) groups is 2. The van der Waals surface area contributed by atoms with E-state index in [4.69, 9.17) is 14.2 Å². The van der Waals surface area contributed by atoms with Gasteiger partial charge in [-0.15, -0.1) is 0 Å². The molecule has 0 fully saturated rings. The molecule has 5 rings (SSSR count). The van der Waals surface area contributed by atoms with Crippen molar-refractivity contribution in [2.75, 3.05) is 32.8 Å². The summed E-state index contributed by atoms with van der Waals surface area (Å²) >= 11 is 4.59. The summed E-state index contributed by atoms with van der Waals surface area (Å²) in [4.78, 5) is 47.2. The second-order valence-electron chi connectivity index (χ2n) is 8.63. The lowest BCUT2D eigenvalue weighted by Gasteiger charge is -2.26. The quantitative estimate of drug-likeness (QED) is 0.419. The fraction of sp³-hybridized carbons (Fsp3) is 0.259. The highest BCUT2D eigenvalue weighted by atomic mass is 79.9. The number of benzene rings is 2. The molecule has 0 unspecified atom stereocenters. The Morgan fingerprint density at radius 1 is 1.13 bits per heavy atom. The number of likely N-dealkylation sites (N-methyl/N-ethyl adjacent to an activating group) is 1. The lowest BCUT2D eigenvalue weighted by atomic mass is 9.95. The summed E-state index contributed by atoms with van der Waals surface area (Å²) in [5, 5.41) is 0. The third-order valence-corrected chi connectivity index (χ3v) is 8.11. The molecule has 2 aliphatic heterocycles. The number of thiazole rings is 1. The zero-order valence-corrected chi connectivity index (χ0v) is 23.7. The zero-order valence-electron chi connectivity index (χ0n) is 21.3. The molecule has 3 heterocycles. The Balaban J connectivity index is 1.86. The largest absolute Gasteiger partial charge is 0.497 e. The van der Waals surface area contributed by atoms with Crippen molar-refractivity contribution < 1.29 is 23.8 Å². The van der Waals surface area contributed by atoms with E-state index >= 15 is 0 Å². The van der Waals surface area contributed by atoms with Gasteiger partial charge in [-0.1, -0.05) is 27.3 Å². The molecule has 2 aliphatic rings. The average Bonchev–Trinajstić information content (AvgIpc) is 3.34. The van der Waals surface area contributed by atoms with Crippen LogP contribution >= 0.6 is 27.3 Å². The summed E-state index contributed by atoms with van der Waals surface area (Å²) in [6.07, 6.45) is 0. The van der Waals surface area contributed by atoms with Gasteiger partial charge in [-0.3, -0.25) is 14.2 Å². The molecule has 196 valence electrons. The number of aromatic nitrogens is 1. The van der Waals surface area contributed by atoms with Gasteiger partial charge in [0.25, 0.3) is 11.5 Å². The van der Waals surface area contributed by atoms with Crippen LogP contribution in [0, 0.1) is 0 Å². The Bertz CT molecular complexity index is 1720. The summed E-state index contributed by atoms with van der Waals surface area (Å²) in [6.45, 7) is 3.57. The van der Waals surface area contributed by atoms with Crippen LogP contribution in [-0.4, -0.2) is 44.3 Å². The van der Waals surface area contributed by atoms with Crippen molar-refractivity contribution in [1.82, 2.24) is 4.57 Å². The van der Waals surface area contributed by atoms with Gasteiger partial charge >= 0.3 is 5.97 Å². The van der Waals surface area contributed by atoms with Crippen LogP contribution < -0.4 is 29.3 Å². The molecule has 0 saturated heterocycles. The number of ether oxygens (including phenoxy) is 3. The molecule has 1 aromatic heterocycles. The predicted octanol–water partition coefficient (Wildman–Crippen LogP) is 2.92. The van der Waals surface area contributed by atoms with E-state index in [1.807, 2.05) is 18.2 Å². The highest BCUT2D eigenvalue weighted by Crippen LogP contribution is 2.39. The van der Waals surface area contributed by atoms with Crippen molar-refractivity contribution in [3.63, 3.8) is 0 Å². The number of methoxy groups -OCH3 is 2. The number of anilines is 1. The van der Waals surface area contributed by atoms with Crippen LogP contribution in [0.25, 0.3) is 5.57 Å². The number of nitrogens with zero attached hydrogens (tertiary/aromatic N) is 3.